The summed E-state index contributed by atoms with van der Waals surface area (Å²) < 4.78 is 0. The topological polar surface area (TPSA) is 23.5 Å². The Kier molecular flexibility index (Phi) is 7.66. The van der Waals surface area contributed by atoms with Crippen molar-refractivity contribution in [2.45, 2.75) is 46.1 Å². The van der Waals surface area contributed by atoms with Gasteiger partial charge in [-0.25, -0.2) is 0 Å². The Balaban J connectivity index is 4.06. The van der Waals surface area contributed by atoms with Crippen molar-refractivity contribution in [1.29, 1.82) is 0 Å². The van der Waals surface area contributed by atoms with E-state index in [1.165, 1.54) is 12.8 Å². The van der Waals surface area contributed by atoms with E-state index in [-0.39, 0.29) is 0 Å². The van der Waals surface area contributed by atoms with Gasteiger partial charge in [0, 0.05) is 13.1 Å². The summed E-state index contributed by atoms with van der Waals surface area (Å²) in [5.41, 5.74) is -0.594. The van der Waals surface area contributed by atoms with Crippen LogP contribution in [0.5, 0.6) is 0 Å². The van der Waals surface area contributed by atoms with Gasteiger partial charge < -0.3 is 10.0 Å². The SMILES string of the molecule is CCCC(CS)CN(CC)CC(C)(C)O. The second-order valence-electron chi connectivity index (χ2n) is 4.98. The maximum atomic E-state index is 9.77. The molecule has 0 aliphatic heterocycles. The highest BCUT2D eigenvalue weighted by atomic mass is 32.1. The zero-order valence-corrected chi connectivity index (χ0v) is 11.6. The Bertz CT molecular complexity index is 156. The van der Waals surface area contributed by atoms with Crippen molar-refractivity contribution >= 4 is 12.6 Å². The molecule has 1 N–H and O–H groups in total. The first-order valence-corrected chi connectivity index (χ1v) is 6.61. The van der Waals surface area contributed by atoms with E-state index < -0.39 is 5.60 Å². The van der Waals surface area contributed by atoms with Gasteiger partial charge in [-0.3, -0.25) is 0 Å². The number of rotatable bonds is 8. The van der Waals surface area contributed by atoms with Crippen molar-refractivity contribution in [3.63, 3.8) is 0 Å². The quantitative estimate of drug-likeness (QED) is 0.629. The fourth-order valence-electron chi connectivity index (χ4n) is 1.87. The molecule has 0 heterocycles. The van der Waals surface area contributed by atoms with Crippen LogP contribution in [0.1, 0.15) is 40.5 Å². The minimum Gasteiger partial charge on any atom is -0.389 e. The summed E-state index contributed by atoms with van der Waals surface area (Å²) in [5.74, 6) is 1.59. The minimum atomic E-state index is -0.594. The molecule has 0 aromatic rings. The standard InChI is InChI=1S/C12H27NOS/c1-5-7-11(9-15)8-13(6-2)10-12(3,4)14/h11,14-15H,5-10H2,1-4H3. The summed E-state index contributed by atoms with van der Waals surface area (Å²) in [6.45, 7) is 10.9. The monoisotopic (exact) mass is 233 g/mol. The molecule has 0 aromatic carbocycles. The second kappa shape index (κ2) is 7.53. The normalized spacial score (nSPS) is 14.6. The van der Waals surface area contributed by atoms with E-state index >= 15 is 0 Å². The first-order valence-electron chi connectivity index (χ1n) is 5.98. The Hall–Kier alpha value is 0.270. The molecular weight excluding hydrogens is 206 g/mol. The number of hydrogen-bond donors (Lipinski definition) is 2. The largest absolute Gasteiger partial charge is 0.389 e. The van der Waals surface area contributed by atoms with E-state index in [1.807, 2.05) is 13.8 Å². The molecule has 0 fully saturated rings. The molecule has 0 spiro atoms. The highest BCUT2D eigenvalue weighted by Gasteiger charge is 2.19. The molecule has 0 bridgehead atoms. The van der Waals surface area contributed by atoms with Crippen LogP contribution in [0.15, 0.2) is 0 Å². The Morgan fingerprint density at radius 1 is 1.33 bits per heavy atom. The van der Waals surface area contributed by atoms with Crippen LogP contribution in [-0.2, 0) is 0 Å². The Labute approximate surface area is 100 Å². The number of nitrogens with zero attached hydrogens (tertiary/aromatic N) is 1. The summed E-state index contributed by atoms with van der Waals surface area (Å²) in [6.07, 6.45) is 2.44. The van der Waals surface area contributed by atoms with Crippen LogP contribution in [0.25, 0.3) is 0 Å². The molecule has 1 unspecified atom stereocenters. The molecule has 0 rings (SSSR count). The predicted octanol–water partition coefficient (Wildman–Crippen LogP) is 2.43. The van der Waals surface area contributed by atoms with Crippen LogP contribution in [0.2, 0.25) is 0 Å². The van der Waals surface area contributed by atoms with Gasteiger partial charge in [0.1, 0.15) is 0 Å². The summed E-state index contributed by atoms with van der Waals surface area (Å²) in [6, 6.07) is 0. The van der Waals surface area contributed by atoms with Crippen molar-refractivity contribution in [3.05, 3.63) is 0 Å². The van der Waals surface area contributed by atoms with Gasteiger partial charge in [0.15, 0.2) is 0 Å². The smallest absolute Gasteiger partial charge is 0.0718 e. The summed E-state index contributed by atoms with van der Waals surface area (Å²) in [7, 11) is 0. The third kappa shape index (κ3) is 8.12. The van der Waals surface area contributed by atoms with Crippen molar-refractivity contribution in [2.24, 2.45) is 5.92 Å². The highest BCUT2D eigenvalue weighted by Crippen LogP contribution is 2.13. The summed E-state index contributed by atoms with van der Waals surface area (Å²) in [4.78, 5) is 2.32. The van der Waals surface area contributed by atoms with Gasteiger partial charge in [-0.05, 0) is 38.5 Å². The van der Waals surface area contributed by atoms with Gasteiger partial charge >= 0.3 is 0 Å². The zero-order valence-electron chi connectivity index (χ0n) is 10.7. The van der Waals surface area contributed by atoms with Gasteiger partial charge in [-0.1, -0.05) is 20.3 Å². The highest BCUT2D eigenvalue weighted by molar-refractivity contribution is 7.80. The molecule has 2 nitrogen and oxygen atoms in total. The number of hydrogen-bond acceptors (Lipinski definition) is 3. The summed E-state index contributed by atoms with van der Waals surface area (Å²) >= 11 is 4.39. The van der Waals surface area contributed by atoms with Gasteiger partial charge in [-0.2, -0.15) is 12.6 Å². The Morgan fingerprint density at radius 2 is 1.93 bits per heavy atom. The lowest BCUT2D eigenvalue weighted by atomic mass is 10.0. The molecule has 1 atom stereocenters. The van der Waals surface area contributed by atoms with Gasteiger partial charge in [0.05, 0.1) is 5.60 Å². The molecule has 3 heteroatoms. The van der Waals surface area contributed by atoms with Crippen LogP contribution >= 0.6 is 12.6 Å². The van der Waals surface area contributed by atoms with Gasteiger partial charge in [0.2, 0.25) is 0 Å². The molecule has 92 valence electrons. The molecule has 0 saturated carbocycles. The maximum Gasteiger partial charge on any atom is 0.0718 e. The van der Waals surface area contributed by atoms with Crippen LogP contribution in [0.3, 0.4) is 0 Å². The third-order valence-electron chi connectivity index (χ3n) is 2.53. The van der Waals surface area contributed by atoms with Crippen LogP contribution in [0.4, 0.5) is 0 Å². The van der Waals surface area contributed by atoms with E-state index in [2.05, 4.69) is 31.4 Å². The number of thiol groups is 1. The molecular formula is C12H27NOS. The lowest BCUT2D eigenvalue weighted by Gasteiger charge is -2.30. The fourth-order valence-corrected chi connectivity index (χ4v) is 2.16. The fraction of sp³-hybridized carbons (Fsp3) is 1.00. The van der Waals surface area contributed by atoms with Crippen molar-refractivity contribution in [3.8, 4) is 0 Å². The van der Waals surface area contributed by atoms with Gasteiger partial charge in [0.25, 0.3) is 0 Å². The number of likely N-dealkylation sites (N-methyl/N-ethyl adjacent to an activating group) is 1. The zero-order chi connectivity index (χ0) is 11.9. The molecule has 0 aliphatic carbocycles. The first kappa shape index (κ1) is 15.3. The maximum absolute atomic E-state index is 9.77. The molecule has 0 saturated heterocycles. The van der Waals surface area contributed by atoms with Crippen molar-refractivity contribution in [1.82, 2.24) is 4.90 Å². The van der Waals surface area contributed by atoms with E-state index in [0.29, 0.717) is 5.92 Å². The average molecular weight is 233 g/mol. The van der Waals surface area contributed by atoms with E-state index in [0.717, 1.165) is 25.4 Å². The van der Waals surface area contributed by atoms with Crippen molar-refractivity contribution < 1.29 is 5.11 Å². The van der Waals surface area contributed by atoms with Crippen LogP contribution < -0.4 is 0 Å². The lowest BCUT2D eigenvalue weighted by Crippen LogP contribution is -2.41. The second-order valence-corrected chi connectivity index (χ2v) is 5.34. The van der Waals surface area contributed by atoms with E-state index in [1.54, 1.807) is 0 Å². The minimum absolute atomic E-state index is 0.594. The molecule has 0 aliphatic rings. The first-order chi connectivity index (χ1) is 6.92. The van der Waals surface area contributed by atoms with Crippen LogP contribution in [-0.4, -0.2) is 41.0 Å². The lowest BCUT2D eigenvalue weighted by molar-refractivity contribution is 0.0335. The molecule has 15 heavy (non-hydrogen) atoms. The molecule has 0 aromatic heterocycles. The molecule has 0 amide bonds. The third-order valence-corrected chi connectivity index (χ3v) is 3.05. The predicted molar refractivity (Wildman–Crippen MR) is 70.7 cm³/mol. The van der Waals surface area contributed by atoms with E-state index in [4.69, 9.17) is 0 Å². The Morgan fingerprint density at radius 3 is 2.27 bits per heavy atom. The number of aliphatic hydroxyl groups is 1. The molecule has 0 radical (unpaired) electrons. The summed E-state index contributed by atoms with van der Waals surface area (Å²) in [5, 5.41) is 9.77. The average Bonchev–Trinajstić information content (AvgIpc) is 2.13. The van der Waals surface area contributed by atoms with Crippen LogP contribution in [0, 0.1) is 5.92 Å². The van der Waals surface area contributed by atoms with E-state index in [9.17, 15) is 5.11 Å². The van der Waals surface area contributed by atoms with Crippen molar-refractivity contribution in [2.75, 3.05) is 25.4 Å². The van der Waals surface area contributed by atoms with Gasteiger partial charge in [-0.15, -0.1) is 0 Å².